The molecule has 1 aromatic carbocycles. The topological polar surface area (TPSA) is 98.3 Å². The third kappa shape index (κ3) is 4.96. The third-order valence-corrected chi connectivity index (χ3v) is 9.84. The number of carboxylic acids is 1. The molecule has 0 amide bonds. The largest absolute Gasteiger partial charge is 0.477 e. The molecule has 0 unspecified atom stereocenters. The molecule has 0 aliphatic heterocycles. The van der Waals surface area contributed by atoms with Crippen LogP contribution in [0, 0.1) is 24.2 Å². The lowest BCUT2D eigenvalue weighted by molar-refractivity contribution is -0.131. The molecule has 4 aliphatic rings. The van der Waals surface area contributed by atoms with Crippen molar-refractivity contribution in [3.63, 3.8) is 0 Å². The van der Waals surface area contributed by atoms with Gasteiger partial charge in [-0.1, -0.05) is 40.2 Å². The number of hydrogen-bond donors (Lipinski definition) is 1. The summed E-state index contributed by atoms with van der Waals surface area (Å²) in [7, 11) is 0. The Hall–Kier alpha value is -3.44. The van der Waals surface area contributed by atoms with Gasteiger partial charge in [-0.2, -0.15) is 0 Å². The summed E-state index contributed by atoms with van der Waals surface area (Å²) in [5, 5.41) is 15.5. The number of aromatic nitrogens is 3. The van der Waals surface area contributed by atoms with Crippen LogP contribution in [0.25, 0.3) is 22.2 Å². The van der Waals surface area contributed by atoms with Crippen molar-refractivity contribution in [1.82, 2.24) is 15.1 Å². The van der Waals surface area contributed by atoms with Crippen molar-refractivity contribution in [2.75, 3.05) is 0 Å². The van der Waals surface area contributed by atoms with Crippen LogP contribution in [0.5, 0.6) is 0 Å². The summed E-state index contributed by atoms with van der Waals surface area (Å²) in [5.74, 6) is 7.30. The Morgan fingerprint density at radius 2 is 1.81 bits per heavy atom. The summed E-state index contributed by atoms with van der Waals surface area (Å²) in [4.78, 5) is 19.7. The van der Waals surface area contributed by atoms with E-state index in [-0.39, 0.29) is 16.7 Å². The van der Waals surface area contributed by atoms with Crippen molar-refractivity contribution in [1.29, 1.82) is 0 Å². The molecule has 3 heterocycles. The molecule has 1 N–H and O–H groups in total. The predicted molar refractivity (Wildman–Crippen MR) is 160 cm³/mol. The zero-order chi connectivity index (χ0) is 29.1. The Morgan fingerprint density at radius 1 is 1.10 bits per heavy atom. The summed E-state index contributed by atoms with van der Waals surface area (Å²) in [6, 6.07) is 7.41. The molecule has 42 heavy (non-hydrogen) atoms. The van der Waals surface area contributed by atoms with Crippen LogP contribution < -0.4 is 0 Å². The Labute approximate surface area is 253 Å². The number of hydrogen-bond acceptors (Lipinski definition) is 6. The van der Waals surface area contributed by atoms with E-state index in [4.69, 9.17) is 32.5 Å². The summed E-state index contributed by atoms with van der Waals surface area (Å²) in [6.07, 6.45) is 11.2. The van der Waals surface area contributed by atoms with Gasteiger partial charge in [0, 0.05) is 45.8 Å². The van der Waals surface area contributed by atoms with E-state index in [1.165, 1.54) is 0 Å². The predicted octanol–water partition coefficient (Wildman–Crippen LogP) is 8.14. The van der Waals surface area contributed by atoms with Crippen molar-refractivity contribution in [3.8, 4) is 23.1 Å². The Bertz CT molecular complexity index is 1760. The minimum absolute atomic E-state index is 0.0137. The first kappa shape index (κ1) is 27.4. The average Bonchev–Trinajstić information content (AvgIpc) is 3.76. The van der Waals surface area contributed by atoms with Crippen LogP contribution in [0.1, 0.15) is 90.2 Å². The zero-order valence-electron chi connectivity index (χ0n) is 23.2. The fourth-order valence-corrected chi connectivity index (χ4v) is 7.07. The molecule has 2 bridgehead atoms. The number of nitrogens with zero attached hydrogens (tertiary/aromatic N) is 3. The standard InChI is InChI=1S/C33H29Cl2N3O4/c1-19-14-27(31(39)40)37-26-5-2-20(15-22(19)26)6-7-32-8-11-33(12-9-32,13-10-32)41-18-23-29(38-42-30(23)21-3-4-21)28-24(34)16-36-17-25(28)35/h2,5,14-17,21H,3-4,8-13,18H2,1H3,(H,39,40). The molecule has 0 saturated heterocycles. The van der Waals surface area contributed by atoms with Crippen LogP contribution >= 0.6 is 23.2 Å². The Morgan fingerprint density at radius 3 is 2.48 bits per heavy atom. The minimum atomic E-state index is -1.02. The molecule has 3 aromatic heterocycles. The summed E-state index contributed by atoms with van der Waals surface area (Å²) < 4.78 is 12.6. The average molecular weight is 603 g/mol. The van der Waals surface area contributed by atoms with Gasteiger partial charge in [0.15, 0.2) is 0 Å². The first-order valence-corrected chi connectivity index (χ1v) is 15.1. The molecule has 4 aliphatic carbocycles. The van der Waals surface area contributed by atoms with Crippen LogP contribution in [0.4, 0.5) is 0 Å². The van der Waals surface area contributed by atoms with Gasteiger partial charge in [0.25, 0.3) is 0 Å². The van der Waals surface area contributed by atoms with E-state index in [1.807, 2.05) is 25.1 Å². The fourth-order valence-electron chi connectivity index (χ4n) is 6.53. The molecular weight excluding hydrogens is 573 g/mol. The highest BCUT2D eigenvalue weighted by atomic mass is 35.5. The second-order valence-corrected chi connectivity index (χ2v) is 12.8. The smallest absolute Gasteiger partial charge is 0.354 e. The summed E-state index contributed by atoms with van der Waals surface area (Å²) >= 11 is 13.0. The molecule has 0 radical (unpaired) electrons. The highest BCUT2D eigenvalue weighted by Gasteiger charge is 2.49. The minimum Gasteiger partial charge on any atom is -0.477 e. The van der Waals surface area contributed by atoms with Gasteiger partial charge in [0.05, 0.1) is 27.8 Å². The third-order valence-electron chi connectivity index (χ3n) is 9.26. The quantitative estimate of drug-likeness (QED) is 0.223. The molecule has 8 rings (SSSR count). The van der Waals surface area contributed by atoms with Crippen molar-refractivity contribution in [2.45, 2.75) is 76.4 Å². The zero-order valence-corrected chi connectivity index (χ0v) is 24.7. The van der Waals surface area contributed by atoms with Crippen LogP contribution in [0.3, 0.4) is 0 Å². The number of pyridine rings is 2. The number of carboxylic acid groups (broad SMARTS) is 1. The highest BCUT2D eigenvalue weighted by molar-refractivity contribution is 6.38. The SMILES string of the molecule is Cc1cc(C(=O)O)nc2ccc(C#CC34CCC(OCc5c(-c6c(Cl)cncc6Cl)noc5C5CC5)(CC3)CC4)cc12. The molecule has 0 atom stereocenters. The van der Waals surface area contributed by atoms with Crippen molar-refractivity contribution >= 4 is 40.1 Å². The van der Waals surface area contributed by atoms with E-state index in [0.29, 0.717) is 39.3 Å². The van der Waals surface area contributed by atoms with Gasteiger partial charge in [-0.3, -0.25) is 4.98 Å². The first-order chi connectivity index (χ1) is 20.2. The van der Waals surface area contributed by atoms with Gasteiger partial charge in [-0.05, 0) is 88.1 Å². The van der Waals surface area contributed by atoms with Gasteiger partial charge in [-0.25, -0.2) is 9.78 Å². The molecule has 7 nitrogen and oxygen atoms in total. The Balaban J connectivity index is 1.07. The van der Waals surface area contributed by atoms with Crippen molar-refractivity contribution in [2.24, 2.45) is 5.41 Å². The number of benzene rings is 1. The van der Waals surface area contributed by atoms with Gasteiger partial charge in [-0.15, -0.1) is 0 Å². The molecule has 9 heteroatoms. The monoisotopic (exact) mass is 601 g/mol. The lowest BCUT2D eigenvalue weighted by Crippen LogP contribution is -2.47. The normalized spacial score (nSPS) is 23.1. The molecule has 0 spiro atoms. The maximum Gasteiger partial charge on any atom is 0.354 e. The van der Waals surface area contributed by atoms with E-state index in [2.05, 4.69) is 27.0 Å². The molecule has 4 fully saturated rings. The molecule has 4 saturated carbocycles. The number of rotatable bonds is 6. The van der Waals surface area contributed by atoms with Gasteiger partial charge < -0.3 is 14.4 Å². The van der Waals surface area contributed by atoms with Crippen molar-refractivity contribution in [3.05, 3.63) is 74.8 Å². The van der Waals surface area contributed by atoms with Gasteiger partial charge in [0.2, 0.25) is 0 Å². The molecule has 4 aromatic rings. The maximum atomic E-state index is 11.4. The number of aromatic carboxylic acids is 1. The van der Waals surface area contributed by atoms with E-state index < -0.39 is 5.97 Å². The number of halogens is 2. The van der Waals surface area contributed by atoms with Crippen molar-refractivity contribution < 1.29 is 19.2 Å². The molecule has 214 valence electrons. The van der Waals surface area contributed by atoms with Gasteiger partial charge in [0.1, 0.15) is 17.1 Å². The van der Waals surface area contributed by atoms with Crippen LogP contribution in [-0.2, 0) is 11.3 Å². The number of aryl methyl sites for hydroxylation is 1. The number of fused-ring (bicyclic) bond motifs is 4. The number of ether oxygens (including phenoxy) is 1. The second-order valence-electron chi connectivity index (χ2n) is 12.0. The summed E-state index contributed by atoms with van der Waals surface area (Å²) in [5.41, 5.74) is 4.57. The fraction of sp³-hybridized carbons (Fsp3) is 0.394. The maximum absolute atomic E-state index is 11.4. The second kappa shape index (κ2) is 10.4. The van der Waals surface area contributed by atoms with Crippen LogP contribution in [0.2, 0.25) is 10.0 Å². The van der Waals surface area contributed by atoms with E-state index in [0.717, 1.165) is 79.2 Å². The van der Waals surface area contributed by atoms with Crippen LogP contribution in [-0.4, -0.2) is 31.8 Å². The van der Waals surface area contributed by atoms with Crippen LogP contribution in [0.15, 0.2) is 41.2 Å². The first-order valence-electron chi connectivity index (χ1n) is 14.3. The van der Waals surface area contributed by atoms with Gasteiger partial charge >= 0.3 is 5.97 Å². The lowest BCUT2D eigenvalue weighted by atomic mass is 9.59. The lowest BCUT2D eigenvalue weighted by Gasteiger charge is -2.51. The highest BCUT2D eigenvalue weighted by Crippen LogP contribution is 2.54. The molecular formula is C33H29Cl2N3O4. The summed E-state index contributed by atoms with van der Waals surface area (Å²) in [6.45, 7) is 2.32. The Kier molecular flexibility index (Phi) is 6.77. The van der Waals surface area contributed by atoms with E-state index in [9.17, 15) is 9.90 Å². The van der Waals surface area contributed by atoms with E-state index >= 15 is 0 Å². The van der Waals surface area contributed by atoms with E-state index in [1.54, 1.807) is 18.5 Å². The number of carbonyl (C=O) groups is 1.